The zero-order valence-corrected chi connectivity index (χ0v) is 8.60. The molecule has 1 aliphatic rings. The molecule has 1 saturated heterocycles. The minimum absolute atomic E-state index is 0.261. The maximum absolute atomic E-state index is 11.3. The molecule has 0 saturated carbocycles. The third-order valence-electron chi connectivity index (χ3n) is 2.28. The number of benzene rings is 1. The van der Waals surface area contributed by atoms with Crippen LogP contribution in [0.5, 0.6) is 0 Å². The minimum Gasteiger partial charge on any atom is -0.461 e. The molecule has 1 fully saturated rings. The smallest absolute Gasteiger partial charge is 0.332 e. The number of esters is 1. The number of cyclic esters (lactones) is 1. The number of hydrogen-bond donors (Lipinski definition) is 2. The van der Waals surface area contributed by atoms with Crippen LogP contribution in [0.4, 0.5) is 4.79 Å². The van der Waals surface area contributed by atoms with Crippen LogP contribution in [-0.2, 0) is 16.1 Å². The highest BCUT2D eigenvalue weighted by Gasteiger charge is 2.31. The van der Waals surface area contributed by atoms with Gasteiger partial charge in [0.1, 0.15) is 6.61 Å². The maximum atomic E-state index is 11.3. The molecule has 2 amide bonds. The van der Waals surface area contributed by atoms with Crippen LogP contribution in [0, 0.1) is 0 Å². The topological polar surface area (TPSA) is 67.4 Å². The molecule has 0 spiro atoms. The van der Waals surface area contributed by atoms with Crippen molar-refractivity contribution >= 4 is 12.0 Å². The summed E-state index contributed by atoms with van der Waals surface area (Å²) in [5.41, 5.74) is 1.01. The molecule has 5 nitrogen and oxygen atoms in total. The second-order valence-electron chi connectivity index (χ2n) is 3.50. The maximum Gasteiger partial charge on any atom is 0.332 e. The highest BCUT2D eigenvalue weighted by molar-refractivity contribution is 5.86. The average Bonchev–Trinajstić information content (AvgIpc) is 2.33. The number of carbonyl (C=O) groups is 2. The van der Waals surface area contributed by atoms with Crippen LogP contribution in [0.2, 0.25) is 0 Å². The lowest BCUT2D eigenvalue weighted by molar-refractivity contribution is -0.162. The van der Waals surface area contributed by atoms with Gasteiger partial charge in [0, 0.05) is 6.54 Å². The number of rotatable bonds is 3. The molecule has 16 heavy (non-hydrogen) atoms. The van der Waals surface area contributed by atoms with Crippen molar-refractivity contribution in [2.24, 2.45) is 0 Å². The Morgan fingerprint density at radius 1 is 1.38 bits per heavy atom. The van der Waals surface area contributed by atoms with Gasteiger partial charge in [0.15, 0.2) is 6.04 Å². The zero-order valence-electron chi connectivity index (χ0n) is 8.60. The van der Waals surface area contributed by atoms with Crippen molar-refractivity contribution in [1.29, 1.82) is 0 Å². The summed E-state index contributed by atoms with van der Waals surface area (Å²) in [6.45, 7) is 0.700. The standard InChI is InChI=1S/C11H12N2O3/c14-10-9(7-16-10)13-11(15)12-6-8-4-2-1-3-5-8/h1-5,9H,6-7H2,(H2,12,13,15)/t9-/m1/s1. The van der Waals surface area contributed by atoms with Gasteiger partial charge in [-0.3, -0.25) is 0 Å². The van der Waals surface area contributed by atoms with Crippen molar-refractivity contribution < 1.29 is 14.3 Å². The summed E-state index contributed by atoms with van der Waals surface area (Å²) < 4.78 is 4.53. The van der Waals surface area contributed by atoms with E-state index in [1.165, 1.54) is 0 Å². The number of amides is 2. The Bertz CT molecular complexity index is 391. The molecule has 1 aliphatic heterocycles. The molecule has 1 atom stereocenters. The quantitative estimate of drug-likeness (QED) is 0.725. The molecule has 0 unspecified atom stereocenters. The molecule has 1 aromatic rings. The predicted octanol–water partition coefficient (Wildman–Crippen LogP) is 0.411. The van der Waals surface area contributed by atoms with Gasteiger partial charge in [0.05, 0.1) is 0 Å². The van der Waals surface area contributed by atoms with Crippen LogP contribution in [0.3, 0.4) is 0 Å². The summed E-state index contributed by atoms with van der Waals surface area (Å²) in [5, 5.41) is 5.17. The van der Waals surface area contributed by atoms with Gasteiger partial charge in [-0.2, -0.15) is 0 Å². The van der Waals surface area contributed by atoms with Crippen molar-refractivity contribution in [3.63, 3.8) is 0 Å². The van der Waals surface area contributed by atoms with Crippen LogP contribution in [0.25, 0.3) is 0 Å². The van der Waals surface area contributed by atoms with Gasteiger partial charge in [-0.1, -0.05) is 30.3 Å². The molecule has 0 aromatic heterocycles. The van der Waals surface area contributed by atoms with Crippen LogP contribution in [0.15, 0.2) is 30.3 Å². The van der Waals surface area contributed by atoms with Crippen molar-refractivity contribution in [3.05, 3.63) is 35.9 Å². The highest BCUT2D eigenvalue weighted by atomic mass is 16.6. The number of hydrogen-bond acceptors (Lipinski definition) is 3. The van der Waals surface area contributed by atoms with E-state index in [9.17, 15) is 9.59 Å². The fraction of sp³-hybridized carbons (Fsp3) is 0.273. The third kappa shape index (κ3) is 2.50. The van der Waals surface area contributed by atoms with Crippen molar-refractivity contribution in [2.45, 2.75) is 12.6 Å². The number of ether oxygens (including phenoxy) is 1. The zero-order chi connectivity index (χ0) is 11.4. The van der Waals surface area contributed by atoms with Gasteiger partial charge in [0.2, 0.25) is 0 Å². The van der Waals surface area contributed by atoms with E-state index < -0.39 is 6.04 Å². The summed E-state index contributed by atoms with van der Waals surface area (Å²) in [7, 11) is 0. The van der Waals surface area contributed by atoms with E-state index in [2.05, 4.69) is 15.4 Å². The largest absolute Gasteiger partial charge is 0.461 e. The lowest BCUT2D eigenvalue weighted by Gasteiger charge is -2.25. The Hall–Kier alpha value is -2.04. The molecule has 84 valence electrons. The van der Waals surface area contributed by atoms with E-state index in [4.69, 9.17) is 0 Å². The van der Waals surface area contributed by atoms with Gasteiger partial charge in [-0.05, 0) is 5.56 Å². The Labute approximate surface area is 92.8 Å². The fourth-order valence-corrected chi connectivity index (χ4v) is 1.32. The normalized spacial score (nSPS) is 18.2. The third-order valence-corrected chi connectivity index (χ3v) is 2.28. The number of carbonyl (C=O) groups excluding carboxylic acids is 2. The molecule has 0 bridgehead atoms. The number of urea groups is 1. The van der Waals surface area contributed by atoms with Crippen molar-refractivity contribution in [3.8, 4) is 0 Å². The lowest BCUT2D eigenvalue weighted by atomic mass is 10.2. The van der Waals surface area contributed by atoms with Crippen LogP contribution in [0.1, 0.15) is 5.56 Å². The second kappa shape index (κ2) is 4.65. The van der Waals surface area contributed by atoms with Crippen LogP contribution >= 0.6 is 0 Å². The summed E-state index contributed by atoms with van der Waals surface area (Å²) in [6.07, 6.45) is 0. The van der Waals surface area contributed by atoms with Gasteiger partial charge < -0.3 is 15.4 Å². The molecule has 1 aromatic carbocycles. The first-order valence-corrected chi connectivity index (χ1v) is 5.00. The molecule has 0 aliphatic carbocycles. The van der Waals surface area contributed by atoms with E-state index >= 15 is 0 Å². The van der Waals surface area contributed by atoms with E-state index in [0.717, 1.165) is 5.56 Å². The summed E-state index contributed by atoms with van der Waals surface area (Å²) in [5.74, 6) is -0.380. The molecule has 0 radical (unpaired) electrons. The Morgan fingerprint density at radius 3 is 2.69 bits per heavy atom. The summed E-state index contributed by atoms with van der Waals surface area (Å²) in [6, 6.07) is 8.70. The molecule has 2 rings (SSSR count). The Balaban J connectivity index is 1.74. The van der Waals surface area contributed by atoms with Gasteiger partial charge in [0.25, 0.3) is 0 Å². The first-order valence-electron chi connectivity index (χ1n) is 5.00. The Morgan fingerprint density at radius 2 is 2.12 bits per heavy atom. The van der Waals surface area contributed by atoms with Crippen LogP contribution < -0.4 is 10.6 Å². The van der Waals surface area contributed by atoms with E-state index in [1.807, 2.05) is 30.3 Å². The summed E-state index contributed by atoms with van der Waals surface area (Å²) in [4.78, 5) is 22.1. The van der Waals surface area contributed by atoms with Gasteiger partial charge >= 0.3 is 12.0 Å². The first-order chi connectivity index (χ1) is 7.75. The van der Waals surface area contributed by atoms with Crippen molar-refractivity contribution in [2.75, 3.05) is 6.61 Å². The van der Waals surface area contributed by atoms with E-state index in [1.54, 1.807) is 0 Å². The number of nitrogens with one attached hydrogen (secondary N) is 2. The van der Waals surface area contributed by atoms with Crippen molar-refractivity contribution in [1.82, 2.24) is 10.6 Å². The molecular weight excluding hydrogens is 208 g/mol. The molecular formula is C11H12N2O3. The minimum atomic E-state index is -0.490. The van der Waals surface area contributed by atoms with Gasteiger partial charge in [-0.25, -0.2) is 9.59 Å². The predicted molar refractivity (Wildman–Crippen MR) is 56.6 cm³/mol. The average molecular weight is 220 g/mol. The summed E-state index contributed by atoms with van der Waals surface area (Å²) >= 11 is 0. The monoisotopic (exact) mass is 220 g/mol. The van der Waals surface area contributed by atoms with Gasteiger partial charge in [-0.15, -0.1) is 0 Å². The fourth-order valence-electron chi connectivity index (χ4n) is 1.32. The van der Waals surface area contributed by atoms with E-state index in [-0.39, 0.29) is 18.6 Å². The molecule has 5 heteroatoms. The van der Waals surface area contributed by atoms with Crippen LogP contribution in [-0.4, -0.2) is 24.6 Å². The first kappa shape index (κ1) is 10.5. The second-order valence-corrected chi connectivity index (χ2v) is 3.50. The highest BCUT2D eigenvalue weighted by Crippen LogP contribution is 2.02. The molecule has 1 heterocycles. The van der Waals surface area contributed by atoms with E-state index in [0.29, 0.717) is 6.54 Å². The lowest BCUT2D eigenvalue weighted by Crippen LogP contribution is -2.55. The molecule has 2 N–H and O–H groups in total. The Kier molecular flexibility index (Phi) is 3.05. The SMILES string of the molecule is O=C(NCc1ccccc1)N[C@@H]1COC1=O.